The van der Waals surface area contributed by atoms with Crippen LogP contribution in [0.1, 0.15) is 5.56 Å². The van der Waals surface area contributed by atoms with Crippen LogP contribution in [0.4, 0.5) is 5.69 Å². The number of nitrogens with zero attached hydrogens (tertiary/aromatic N) is 1. The number of nitrogens with two attached hydrogens (primary N) is 1. The van der Waals surface area contributed by atoms with Gasteiger partial charge in [-0.05, 0) is 29.8 Å². The first-order valence-electron chi connectivity index (χ1n) is 5.87. The Kier molecular flexibility index (Phi) is 4.56. The lowest BCUT2D eigenvalue weighted by molar-refractivity contribution is -0.115. The van der Waals surface area contributed by atoms with Crippen LogP contribution in [-0.4, -0.2) is 19.3 Å². The predicted molar refractivity (Wildman–Crippen MR) is 79.4 cm³/mol. The van der Waals surface area contributed by atoms with Gasteiger partial charge in [-0.2, -0.15) is 0 Å². The largest absolute Gasteiger partial charge is 0.324 e. The molecule has 0 aliphatic rings. The molecule has 0 spiro atoms. The van der Waals surface area contributed by atoms with Gasteiger partial charge in [0.05, 0.1) is 22.0 Å². The molecule has 1 amide bonds. The molecule has 0 saturated carbocycles. The highest BCUT2D eigenvalue weighted by Crippen LogP contribution is 2.24. The van der Waals surface area contributed by atoms with Gasteiger partial charge >= 0.3 is 0 Å². The standard InChI is InChI=1S/C13H12ClN3O3S/c14-11-4-3-10(21(15,19)20)7-12(11)17-13(18)6-9-2-1-5-16-8-9/h1-5,7-8H,6H2,(H,17,18)(H2,15,19,20). The van der Waals surface area contributed by atoms with E-state index in [0.717, 1.165) is 5.56 Å². The summed E-state index contributed by atoms with van der Waals surface area (Å²) in [5.74, 6) is -0.337. The van der Waals surface area contributed by atoms with Crippen molar-refractivity contribution in [3.63, 3.8) is 0 Å². The van der Waals surface area contributed by atoms with Crippen LogP contribution in [0, 0.1) is 0 Å². The number of nitrogens with one attached hydrogen (secondary N) is 1. The number of carbonyl (C=O) groups excluding carboxylic acids is 1. The van der Waals surface area contributed by atoms with Crippen molar-refractivity contribution in [2.75, 3.05) is 5.32 Å². The van der Waals surface area contributed by atoms with Crippen molar-refractivity contribution in [3.8, 4) is 0 Å². The lowest BCUT2D eigenvalue weighted by atomic mass is 10.2. The van der Waals surface area contributed by atoms with Gasteiger partial charge in [0, 0.05) is 12.4 Å². The average Bonchev–Trinajstić information content (AvgIpc) is 2.41. The van der Waals surface area contributed by atoms with Crippen molar-refractivity contribution in [2.45, 2.75) is 11.3 Å². The number of pyridine rings is 1. The average molecular weight is 326 g/mol. The van der Waals surface area contributed by atoms with E-state index in [2.05, 4.69) is 10.3 Å². The molecule has 1 heterocycles. The Morgan fingerprint density at radius 2 is 2.10 bits per heavy atom. The van der Waals surface area contributed by atoms with E-state index in [0.29, 0.717) is 0 Å². The summed E-state index contributed by atoms with van der Waals surface area (Å²) in [6, 6.07) is 7.33. The number of rotatable bonds is 4. The van der Waals surface area contributed by atoms with Gasteiger partial charge in [0.1, 0.15) is 0 Å². The molecule has 0 aliphatic carbocycles. The lowest BCUT2D eigenvalue weighted by Crippen LogP contribution is -2.16. The molecule has 0 atom stereocenters. The maximum absolute atomic E-state index is 11.9. The van der Waals surface area contributed by atoms with E-state index < -0.39 is 10.0 Å². The number of anilines is 1. The summed E-state index contributed by atoms with van der Waals surface area (Å²) in [5, 5.41) is 7.81. The van der Waals surface area contributed by atoms with Crippen molar-refractivity contribution in [3.05, 3.63) is 53.3 Å². The van der Waals surface area contributed by atoms with E-state index in [9.17, 15) is 13.2 Å². The fourth-order valence-corrected chi connectivity index (χ4v) is 2.36. The van der Waals surface area contributed by atoms with Gasteiger partial charge in [-0.15, -0.1) is 0 Å². The monoisotopic (exact) mass is 325 g/mol. The van der Waals surface area contributed by atoms with E-state index in [-0.39, 0.29) is 27.9 Å². The van der Waals surface area contributed by atoms with Gasteiger partial charge in [0.25, 0.3) is 0 Å². The molecule has 0 bridgehead atoms. The van der Waals surface area contributed by atoms with E-state index in [1.165, 1.54) is 18.2 Å². The van der Waals surface area contributed by atoms with Crippen LogP contribution < -0.4 is 10.5 Å². The second kappa shape index (κ2) is 6.21. The van der Waals surface area contributed by atoms with Crippen LogP contribution in [0.15, 0.2) is 47.6 Å². The van der Waals surface area contributed by atoms with Gasteiger partial charge < -0.3 is 5.32 Å². The highest BCUT2D eigenvalue weighted by Gasteiger charge is 2.13. The van der Waals surface area contributed by atoms with Gasteiger partial charge in [0.2, 0.25) is 15.9 Å². The molecule has 6 nitrogen and oxygen atoms in total. The number of benzene rings is 1. The number of carbonyl (C=O) groups is 1. The first-order chi connectivity index (χ1) is 9.86. The third kappa shape index (κ3) is 4.25. The van der Waals surface area contributed by atoms with Crippen molar-refractivity contribution in [1.82, 2.24) is 4.98 Å². The molecule has 1 aromatic heterocycles. The summed E-state index contributed by atoms with van der Waals surface area (Å²) in [6.07, 6.45) is 3.28. The summed E-state index contributed by atoms with van der Waals surface area (Å²) in [4.78, 5) is 15.7. The molecule has 0 saturated heterocycles. The van der Waals surface area contributed by atoms with Crippen LogP contribution >= 0.6 is 11.6 Å². The zero-order chi connectivity index (χ0) is 15.5. The minimum Gasteiger partial charge on any atom is -0.324 e. The Labute approximate surface area is 127 Å². The number of halogens is 1. The fourth-order valence-electron chi connectivity index (χ4n) is 1.66. The molecule has 0 radical (unpaired) electrons. The summed E-state index contributed by atoms with van der Waals surface area (Å²) < 4.78 is 22.6. The summed E-state index contributed by atoms with van der Waals surface area (Å²) >= 11 is 5.93. The number of hydrogen-bond acceptors (Lipinski definition) is 4. The summed E-state index contributed by atoms with van der Waals surface area (Å²) in [5.41, 5.74) is 0.922. The molecule has 8 heteroatoms. The number of aromatic nitrogens is 1. The van der Waals surface area contributed by atoms with E-state index in [1.54, 1.807) is 24.5 Å². The van der Waals surface area contributed by atoms with E-state index in [4.69, 9.17) is 16.7 Å². The number of sulfonamides is 1. The zero-order valence-corrected chi connectivity index (χ0v) is 12.4. The van der Waals surface area contributed by atoms with Crippen molar-refractivity contribution < 1.29 is 13.2 Å². The highest BCUT2D eigenvalue weighted by molar-refractivity contribution is 7.89. The van der Waals surface area contributed by atoms with Gasteiger partial charge in [-0.1, -0.05) is 17.7 Å². The molecule has 2 rings (SSSR count). The molecule has 0 unspecified atom stereocenters. The van der Waals surface area contributed by atoms with Crippen LogP contribution in [-0.2, 0) is 21.2 Å². The van der Waals surface area contributed by atoms with Crippen LogP contribution in [0.5, 0.6) is 0 Å². The first kappa shape index (κ1) is 15.4. The summed E-state index contributed by atoms with van der Waals surface area (Å²) in [6.45, 7) is 0. The van der Waals surface area contributed by atoms with Gasteiger partial charge in [-0.25, -0.2) is 13.6 Å². The fraction of sp³-hybridized carbons (Fsp3) is 0.0769. The van der Waals surface area contributed by atoms with Gasteiger partial charge in [0.15, 0.2) is 0 Å². The Morgan fingerprint density at radius 1 is 1.33 bits per heavy atom. The smallest absolute Gasteiger partial charge is 0.238 e. The molecule has 110 valence electrons. The van der Waals surface area contributed by atoms with Gasteiger partial charge in [-0.3, -0.25) is 9.78 Å². The lowest BCUT2D eigenvalue weighted by Gasteiger charge is -2.09. The molecule has 0 fully saturated rings. The van der Waals surface area contributed by atoms with E-state index in [1.807, 2.05) is 0 Å². The quantitative estimate of drug-likeness (QED) is 0.890. The maximum atomic E-state index is 11.9. The normalized spacial score (nSPS) is 11.1. The maximum Gasteiger partial charge on any atom is 0.238 e. The Morgan fingerprint density at radius 3 is 2.71 bits per heavy atom. The molecule has 21 heavy (non-hydrogen) atoms. The number of primary sulfonamides is 1. The van der Waals surface area contributed by atoms with Crippen molar-refractivity contribution in [2.24, 2.45) is 5.14 Å². The van der Waals surface area contributed by atoms with Crippen molar-refractivity contribution in [1.29, 1.82) is 0 Å². The zero-order valence-electron chi connectivity index (χ0n) is 10.8. The topological polar surface area (TPSA) is 102 Å². The molecule has 2 aromatic rings. The number of amides is 1. The molecular formula is C13H12ClN3O3S. The Balaban J connectivity index is 2.17. The molecule has 0 aliphatic heterocycles. The van der Waals surface area contributed by atoms with Crippen LogP contribution in [0.3, 0.4) is 0 Å². The predicted octanol–water partition coefficient (Wildman–Crippen LogP) is 1.56. The van der Waals surface area contributed by atoms with Crippen molar-refractivity contribution >= 4 is 33.2 Å². The molecule has 1 aromatic carbocycles. The Bertz CT molecular complexity index is 763. The second-order valence-electron chi connectivity index (χ2n) is 4.27. The third-order valence-electron chi connectivity index (χ3n) is 2.63. The highest BCUT2D eigenvalue weighted by atomic mass is 35.5. The van der Waals surface area contributed by atoms with Crippen LogP contribution in [0.25, 0.3) is 0 Å². The van der Waals surface area contributed by atoms with Crippen LogP contribution in [0.2, 0.25) is 5.02 Å². The molecule has 3 N–H and O–H groups in total. The first-order valence-corrected chi connectivity index (χ1v) is 7.80. The summed E-state index contributed by atoms with van der Waals surface area (Å²) in [7, 11) is -3.86. The second-order valence-corrected chi connectivity index (χ2v) is 6.24. The molecular weight excluding hydrogens is 314 g/mol. The number of hydrogen-bond donors (Lipinski definition) is 2. The minimum absolute atomic E-state index is 0.101. The van der Waals surface area contributed by atoms with E-state index >= 15 is 0 Å². The SMILES string of the molecule is NS(=O)(=O)c1ccc(Cl)c(NC(=O)Cc2cccnc2)c1. The third-order valence-corrected chi connectivity index (χ3v) is 3.87. The Hall–Kier alpha value is -1.96. The minimum atomic E-state index is -3.86.